The summed E-state index contributed by atoms with van der Waals surface area (Å²) in [7, 11) is 0. The minimum absolute atomic E-state index is 0. The molecule has 2 N–H and O–H groups in total. The van der Waals surface area contributed by atoms with Crippen LogP contribution in [0.2, 0.25) is 0 Å². The quantitative estimate of drug-likeness (QED) is 0.346. The maximum atomic E-state index is 12.3. The number of aliphatic carboxylic acids is 1. The molecule has 0 bridgehead atoms. The monoisotopic (exact) mass is 394 g/mol. The summed E-state index contributed by atoms with van der Waals surface area (Å²) in [4.78, 5) is 34.2. The van der Waals surface area contributed by atoms with E-state index in [2.05, 4.69) is 0 Å². The zero-order chi connectivity index (χ0) is 19.6. The van der Waals surface area contributed by atoms with Gasteiger partial charge in [0.1, 0.15) is 34.7 Å². The minimum Gasteiger partial charge on any atom is -0.550 e. The van der Waals surface area contributed by atoms with Crippen LogP contribution in [0.5, 0.6) is 23.0 Å². The van der Waals surface area contributed by atoms with E-state index in [9.17, 15) is 29.7 Å². The number of Topliss-reactive ketones (excluding diaryl/α,β-unsaturated/α-hetero) is 1. The number of phenolic OH excluding ortho intramolecular Hbond substituents is 2. The van der Waals surface area contributed by atoms with Crippen molar-refractivity contribution in [2.45, 2.75) is 25.4 Å². The first-order chi connectivity index (χ1) is 12.8. The van der Waals surface area contributed by atoms with E-state index in [-0.39, 0.29) is 76.7 Å². The summed E-state index contributed by atoms with van der Waals surface area (Å²) in [6.07, 6.45) is -1.35. The minimum atomic E-state index is -1.33. The normalized spacial score (nSPS) is 15.0. The van der Waals surface area contributed by atoms with Crippen molar-refractivity contribution >= 4 is 17.7 Å². The molecular weight excluding hydrogens is 379 g/mol. The van der Waals surface area contributed by atoms with Crippen LogP contribution in [0.25, 0.3) is 0 Å². The Hall–Kier alpha value is -2.55. The van der Waals surface area contributed by atoms with Gasteiger partial charge in [-0.15, -0.1) is 0 Å². The molecule has 0 saturated carbocycles. The average molecular weight is 394 g/mol. The third kappa shape index (κ3) is 5.03. The maximum absolute atomic E-state index is 12.3. The Labute approximate surface area is 182 Å². The van der Waals surface area contributed by atoms with E-state index >= 15 is 0 Å². The first kappa shape index (κ1) is 21.7. The van der Waals surface area contributed by atoms with Crippen LogP contribution in [-0.2, 0) is 9.59 Å². The first-order valence-electron chi connectivity index (χ1n) is 8.10. The molecule has 0 radical (unpaired) electrons. The van der Waals surface area contributed by atoms with Crippen LogP contribution >= 0.6 is 0 Å². The van der Waals surface area contributed by atoms with Gasteiger partial charge < -0.3 is 29.6 Å². The second-order valence-electron chi connectivity index (χ2n) is 5.99. The van der Waals surface area contributed by atoms with Gasteiger partial charge in [0.15, 0.2) is 5.78 Å². The Balaban J connectivity index is 0.00000280. The van der Waals surface area contributed by atoms with Gasteiger partial charge >= 0.3 is 35.5 Å². The van der Waals surface area contributed by atoms with Gasteiger partial charge in [-0.05, 0) is 24.1 Å². The molecule has 0 aromatic heterocycles. The van der Waals surface area contributed by atoms with Crippen LogP contribution < -0.4 is 44.1 Å². The topological polar surface area (TPSA) is 133 Å². The molecule has 0 saturated heterocycles. The summed E-state index contributed by atoms with van der Waals surface area (Å²) < 4.78 is 10.7. The van der Waals surface area contributed by atoms with E-state index in [1.54, 1.807) is 12.1 Å². The number of carboxylic acid groups (broad SMARTS) is 1. The number of esters is 1. The Morgan fingerprint density at radius 3 is 2.46 bits per heavy atom. The van der Waals surface area contributed by atoms with Crippen LogP contribution in [0.1, 0.15) is 41.3 Å². The number of hydrogen-bond donors (Lipinski definition) is 2. The molecule has 0 spiro atoms. The number of fused-ring (bicyclic) bond motifs is 1. The second-order valence-corrected chi connectivity index (χ2v) is 5.99. The van der Waals surface area contributed by atoms with Crippen LogP contribution in [0.4, 0.5) is 0 Å². The van der Waals surface area contributed by atoms with Gasteiger partial charge in [0, 0.05) is 18.1 Å². The number of rotatable bonds is 5. The summed E-state index contributed by atoms with van der Waals surface area (Å²) in [5.41, 5.74) is 0.661. The summed E-state index contributed by atoms with van der Waals surface area (Å²) >= 11 is 0. The molecule has 3 rings (SSSR count). The van der Waals surface area contributed by atoms with E-state index in [1.807, 2.05) is 0 Å². The fraction of sp³-hybridized carbons (Fsp3) is 0.211. The van der Waals surface area contributed by atoms with Crippen LogP contribution in [0, 0.1) is 0 Å². The summed E-state index contributed by atoms with van der Waals surface area (Å²) in [5, 5.41) is 29.7. The zero-order valence-electron chi connectivity index (χ0n) is 15.0. The third-order valence-electron chi connectivity index (χ3n) is 4.00. The second kappa shape index (κ2) is 9.09. The average Bonchev–Trinajstić information content (AvgIpc) is 2.59. The predicted molar refractivity (Wildman–Crippen MR) is 88.4 cm³/mol. The third-order valence-corrected chi connectivity index (χ3v) is 4.00. The van der Waals surface area contributed by atoms with Crippen LogP contribution in [-0.4, -0.2) is 27.9 Å². The molecule has 28 heavy (non-hydrogen) atoms. The van der Waals surface area contributed by atoms with Gasteiger partial charge in [-0.2, -0.15) is 0 Å². The van der Waals surface area contributed by atoms with Crippen molar-refractivity contribution < 1.29 is 68.7 Å². The van der Waals surface area contributed by atoms with Crippen molar-refractivity contribution in [3.05, 3.63) is 47.5 Å². The van der Waals surface area contributed by atoms with Gasteiger partial charge in [0.2, 0.25) is 0 Å². The van der Waals surface area contributed by atoms with E-state index in [4.69, 9.17) is 9.47 Å². The maximum Gasteiger partial charge on any atom is 1.00 e. The Morgan fingerprint density at radius 2 is 1.82 bits per heavy atom. The van der Waals surface area contributed by atoms with Crippen LogP contribution in [0.15, 0.2) is 36.4 Å². The Kier molecular flexibility index (Phi) is 7.06. The molecule has 0 aliphatic carbocycles. The molecule has 140 valence electrons. The molecule has 1 unspecified atom stereocenters. The predicted octanol–water partition coefficient (Wildman–Crippen LogP) is -1.76. The summed E-state index contributed by atoms with van der Waals surface area (Å²) in [6, 6.07) is 8.53. The number of hydrogen-bond acceptors (Lipinski definition) is 8. The molecule has 1 aliphatic rings. The number of ether oxygens (including phenoxy) is 2. The van der Waals surface area contributed by atoms with Crippen molar-refractivity contribution in [2.75, 3.05) is 0 Å². The van der Waals surface area contributed by atoms with Gasteiger partial charge in [0.25, 0.3) is 0 Å². The van der Waals surface area contributed by atoms with E-state index in [0.29, 0.717) is 5.56 Å². The summed E-state index contributed by atoms with van der Waals surface area (Å²) in [5.74, 6) is -2.61. The number of carboxylic acids is 1. The first-order valence-corrected chi connectivity index (χ1v) is 8.10. The molecule has 1 atom stereocenters. The SMILES string of the molecule is O=C([O-])CCC(=O)Oc1ccc(C2CC(=O)c3c(O)cc(O)cc3O2)cc1.[Na+]. The van der Waals surface area contributed by atoms with Crippen LogP contribution in [0.3, 0.4) is 0 Å². The molecular formula is C19H15NaO8. The fourth-order valence-electron chi connectivity index (χ4n) is 2.75. The van der Waals surface area contributed by atoms with Gasteiger partial charge in [-0.1, -0.05) is 12.1 Å². The molecule has 1 heterocycles. The van der Waals surface area contributed by atoms with Crippen molar-refractivity contribution in [1.82, 2.24) is 0 Å². The van der Waals surface area contributed by atoms with Gasteiger partial charge in [0.05, 0.1) is 12.8 Å². The van der Waals surface area contributed by atoms with Gasteiger partial charge in [-0.25, -0.2) is 0 Å². The number of ketones is 1. The molecule has 8 nitrogen and oxygen atoms in total. The van der Waals surface area contributed by atoms with Crippen molar-refractivity contribution in [3.8, 4) is 23.0 Å². The van der Waals surface area contributed by atoms with E-state index in [1.165, 1.54) is 18.2 Å². The van der Waals surface area contributed by atoms with Crippen molar-refractivity contribution in [1.29, 1.82) is 0 Å². The number of aromatic hydroxyl groups is 2. The molecule has 0 fully saturated rings. The van der Waals surface area contributed by atoms with Gasteiger partial charge in [-0.3, -0.25) is 9.59 Å². The van der Waals surface area contributed by atoms with E-state index < -0.39 is 24.5 Å². The zero-order valence-corrected chi connectivity index (χ0v) is 17.0. The molecule has 9 heteroatoms. The van der Waals surface area contributed by atoms with E-state index in [0.717, 1.165) is 6.07 Å². The number of benzene rings is 2. The van der Waals surface area contributed by atoms with Crippen molar-refractivity contribution in [2.24, 2.45) is 0 Å². The number of carbonyl (C=O) groups excluding carboxylic acids is 3. The number of phenols is 2. The number of carbonyl (C=O) groups is 3. The molecule has 2 aromatic rings. The summed E-state index contributed by atoms with van der Waals surface area (Å²) in [6.45, 7) is 0. The Morgan fingerprint density at radius 1 is 1.14 bits per heavy atom. The largest absolute Gasteiger partial charge is 1.00 e. The molecule has 0 amide bonds. The Bertz CT molecular complexity index is 907. The standard InChI is InChI=1S/C19H16O8.Na/c20-11-7-13(21)19-14(22)9-15(27-16(19)8-11)10-1-3-12(4-2-10)26-18(25)6-5-17(23)24;/h1-4,7-8,15,20-21H,5-6,9H2,(H,23,24);/q;+1/p-1. The smallest absolute Gasteiger partial charge is 0.550 e. The molecule has 1 aliphatic heterocycles. The van der Waals surface area contributed by atoms with Crippen molar-refractivity contribution in [3.63, 3.8) is 0 Å². The fourth-order valence-corrected chi connectivity index (χ4v) is 2.75. The molecule has 2 aromatic carbocycles.